The highest BCUT2D eigenvalue weighted by atomic mass is 14.8. The number of allylic oxidation sites excluding steroid dienone is 1. The molecule has 0 saturated heterocycles. The first-order valence-corrected chi connectivity index (χ1v) is 3.16. The van der Waals surface area contributed by atoms with E-state index < -0.39 is 0 Å². The molecular formula is C8H15N. The van der Waals surface area contributed by atoms with E-state index in [0.717, 1.165) is 24.1 Å². The molecule has 0 aliphatic carbocycles. The minimum Gasteiger partial charge on any atom is -0.319 e. The number of rotatable bonds is 4. The largest absolute Gasteiger partial charge is 0.319 e. The fraction of sp³-hybridized carbons (Fsp3) is 0.500. The Hall–Kier alpha value is -0.560. The zero-order valence-electron chi connectivity index (χ0n) is 6.33. The van der Waals surface area contributed by atoms with Gasteiger partial charge in [-0.05, 0) is 26.9 Å². The van der Waals surface area contributed by atoms with Gasteiger partial charge < -0.3 is 5.32 Å². The third kappa shape index (κ3) is 3.98. The fourth-order valence-corrected chi connectivity index (χ4v) is 0.489. The molecule has 9 heavy (non-hydrogen) atoms. The van der Waals surface area contributed by atoms with E-state index in [0.29, 0.717) is 0 Å². The number of hydrogen-bond donors (Lipinski definition) is 1. The molecule has 0 saturated carbocycles. The van der Waals surface area contributed by atoms with Crippen LogP contribution < -0.4 is 5.32 Å². The van der Waals surface area contributed by atoms with E-state index in [-0.39, 0.29) is 0 Å². The number of hydrogen-bond acceptors (Lipinski definition) is 1. The van der Waals surface area contributed by atoms with Gasteiger partial charge in [0.2, 0.25) is 0 Å². The molecule has 0 atom stereocenters. The van der Waals surface area contributed by atoms with E-state index in [1.807, 2.05) is 14.0 Å². The van der Waals surface area contributed by atoms with E-state index in [2.05, 4.69) is 18.5 Å². The van der Waals surface area contributed by atoms with Crippen molar-refractivity contribution in [2.24, 2.45) is 0 Å². The van der Waals surface area contributed by atoms with Crippen molar-refractivity contribution in [3.05, 3.63) is 24.3 Å². The molecule has 0 fully saturated rings. The molecule has 1 heteroatoms. The van der Waals surface area contributed by atoms with Gasteiger partial charge in [-0.15, -0.1) is 0 Å². The van der Waals surface area contributed by atoms with Crippen LogP contribution in [-0.2, 0) is 0 Å². The first kappa shape index (κ1) is 8.44. The van der Waals surface area contributed by atoms with Crippen LogP contribution in [0.15, 0.2) is 24.3 Å². The van der Waals surface area contributed by atoms with Gasteiger partial charge in [0.25, 0.3) is 0 Å². The lowest BCUT2D eigenvalue weighted by atomic mass is 10.1. The molecule has 0 amide bonds. The highest BCUT2D eigenvalue weighted by molar-refractivity contribution is 5.22. The second-order valence-corrected chi connectivity index (χ2v) is 2.24. The minimum absolute atomic E-state index is 0.992. The molecular weight excluding hydrogens is 110 g/mol. The van der Waals surface area contributed by atoms with Crippen LogP contribution in [0, 0.1) is 0 Å². The van der Waals surface area contributed by atoms with Gasteiger partial charge in [-0.3, -0.25) is 0 Å². The van der Waals surface area contributed by atoms with E-state index in [9.17, 15) is 0 Å². The lowest BCUT2D eigenvalue weighted by Gasteiger charge is -2.02. The molecule has 1 N–H and O–H groups in total. The molecule has 0 aromatic heterocycles. The Balaban J connectivity index is 3.39. The van der Waals surface area contributed by atoms with Gasteiger partial charge in [0.1, 0.15) is 0 Å². The topological polar surface area (TPSA) is 12.0 Å². The zero-order valence-corrected chi connectivity index (χ0v) is 6.33. The Morgan fingerprint density at radius 3 is 2.33 bits per heavy atom. The molecule has 0 heterocycles. The molecule has 1 nitrogen and oxygen atoms in total. The molecule has 52 valence electrons. The summed E-state index contributed by atoms with van der Waals surface area (Å²) in [5.74, 6) is 0. The summed E-state index contributed by atoms with van der Waals surface area (Å²) in [4.78, 5) is 0. The molecule has 0 unspecified atom stereocenters. The Labute approximate surface area is 57.5 Å². The van der Waals surface area contributed by atoms with Gasteiger partial charge >= 0.3 is 0 Å². The second kappa shape index (κ2) is 4.33. The summed E-state index contributed by atoms with van der Waals surface area (Å²) < 4.78 is 0. The summed E-state index contributed by atoms with van der Waals surface area (Å²) in [6.45, 7) is 10.6. The lowest BCUT2D eigenvalue weighted by molar-refractivity contribution is 0.790. The Morgan fingerprint density at radius 2 is 2.00 bits per heavy atom. The normalized spacial score (nSPS) is 9.11. The molecule has 0 aliphatic rings. The van der Waals surface area contributed by atoms with Crippen LogP contribution in [-0.4, -0.2) is 13.6 Å². The van der Waals surface area contributed by atoms with E-state index in [4.69, 9.17) is 0 Å². The van der Waals surface area contributed by atoms with Gasteiger partial charge in [0, 0.05) is 0 Å². The van der Waals surface area contributed by atoms with Crippen molar-refractivity contribution in [2.45, 2.75) is 13.3 Å². The smallest absolute Gasteiger partial charge is 0.00115 e. The monoisotopic (exact) mass is 125 g/mol. The Bertz CT molecular complexity index is 114. The summed E-state index contributed by atoms with van der Waals surface area (Å²) in [6.07, 6.45) is 1.01. The summed E-state index contributed by atoms with van der Waals surface area (Å²) in [6, 6.07) is 0. The predicted molar refractivity (Wildman–Crippen MR) is 42.5 cm³/mol. The second-order valence-electron chi connectivity index (χ2n) is 2.24. The maximum atomic E-state index is 3.85. The molecule has 0 bridgehead atoms. The summed E-state index contributed by atoms with van der Waals surface area (Å²) in [5.41, 5.74) is 2.23. The Kier molecular flexibility index (Phi) is 4.06. The predicted octanol–water partition coefficient (Wildman–Crippen LogP) is 1.73. The zero-order chi connectivity index (χ0) is 7.28. The summed E-state index contributed by atoms with van der Waals surface area (Å²) >= 11 is 0. The van der Waals surface area contributed by atoms with Gasteiger partial charge in [0.05, 0.1) is 0 Å². The van der Waals surface area contributed by atoms with Crippen molar-refractivity contribution < 1.29 is 0 Å². The van der Waals surface area contributed by atoms with Crippen LogP contribution in [0.5, 0.6) is 0 Å². The third-order valence-electron chi connectivity index (χ3n) is 1.28. The van der Waals surface area contributed by atoms with Crippen LogP contribution in [0.3, 0.4) is 0 Å². The quantitative estimate of drug-likeness (QED) is 0.564. The third-order valence-corrected chi connectivity index (χ3v) is 1.28. The average Bonchev–Trinajstić information content (AvgIpc) is 1.82. The van der Waals surface area contributed by atoms with E-state index in [1.54, 1.807) is 0 Å². The van der Waals surface area contributed by atoms with E-state index in [1.165, 1.54) is 0 Å². The molecule has 0 radical (unpaired) electrons. The Morgan fingerprint density at radius 1 is 1.44 bits per heavy atom. The molecule has 0 rings (SSSR count). The van der Waals surface area contributed by atoms with Crippen LogP contribution in [0.1, 0.15) is 13.3 Å². The highest BCUT2D eigenvalue weighted by Gasteiger charge is 1.91. The van der Waals surface area contributed by atoms with Crippen molar-refractivity contribution in [1.82, 2.24) is 5.32 Å². The van der Waals surface area contributed by atoms with Crippen molar-refractivity contribution in [1.29, 1.82) is 0 Å². The van der Waals surface area contributed by atoms with Gasteiger partial charge in [-0.1, -0.05) is 24.3 Å². The maximum absolute atomic E-state index is 3.85. The first-order valence-electron chi connectivity index (χ1n) is 3.16. The van der Waals surface area contributed by atoms with E-state index >= 15 is 0 Å². The molecule has 0 aliphatic heterocycles. The minimum atomic E-state index is 0.992. The highest BCUT2D eigenvalue weighted by Crippen LogP contribution is 2.06. The van der Waals surface area contributed by atoms with Crippen molar-refractivity contribution in [2.75, 3.05) is 13.6 Å². The van der Waals surface area contributed by atoms with Gasteiger partial charge in [-0.2, -0.15) is 0 Å². The number of nitrogens with one attached hydrogen (secondary N) is 1. The van der Waals surface area contributed by atoms with Crippen molar-refractivity contribution in [3.8, 4) is 0 Å². The van der Waals surface area contributed by atoms with Crippen LogP contribution >= 0.6 is 0 Å². The molecule has 0 aromatic carbocycles. The molecule has 0 spiro atoms. The lowest BCUT2D eigenvalue weighted by Crippen LogP contribution is -2.08. The average molecular weight is 125 g/mol. The van der Waals surface area contributed by atoms with Crippen LogP contribution in [0.25, 0.3) is 0 Å². The SMILES string of the molecule is C=C(C)C(=C)CCNC. The summed E-state index contributed by atoms with van der Waals surface area (Å²) in [5, 5.41) is 3.05. The molecule has 0 aromatic rings. The van der Waals surface area contributed by atoms with Gasteiger partial charge in [0.15, 0.2) is 0 Å². The van der Waals surface area contributed by atoms with Crippen LogP contribution in [0.4, 0.5) is 0 Å². The van der Waals surface area contributed by atoms with Crippen LogP contribution in [0.2, 0.25) is 0 Å². The fourth-order valence-electron chi connectivity index (χ4n) is 0.489. The van der Waals surface area contributed by atoms with Crippen molar-refractivity contribution >= 4 is 0 Å². The first-order chi connectivity index (χ1) is 4.18. The van der Waals surface area contributed by atoms with Crippen molar-refractivity contribution in [3.63, 3.8) is 0 Å². The standard InChI is InChI=1S/C8H15N/c1-7(2)8(3)5-6-9-4/h9H,1,3,5-6H2,2,4H3. The van der Waals surface area contributed by atoms with Gasteiger partial charge in [-0.25, -0.2) is 0 Å². The maximum Gasteiger partial charge on any atom is -0.00115 e. The summed E-state index contributed by atoms with van der Waals surface area (Å²) in [7, 11) is 1.94.